The highest BCUT2D eigenvalue weighted by Gasteiger charge is 2.29. The first-order valence-electron chi connectivity index (χ1n) is 6.57. The molecule has 3 N–H and O–H groups in total. The second-order valence-corrected chi connectivity index (χ2v) is 5.19. The Bertz CT molecular complexity index is 367. The largest absolute Gasteiger partial charge is 0.398 e. The predicted octanol–water partition coefficient (Wildman–Crippen LogP) is 2.39. The van der Waals surface area contributed by atoms with E-state index in [-0.39, 0.29) is 6.10 Å². The number of aliphatic hydroxyl groups is 1. The van der Waals surface area contributed by atoms with Crippen molar-refractivity contribution in [2.75, 3.05) is 5.73 Å². The summed E-state index contributed by atoms with van der Waals surface area (Å²) in [5.74, 6) is 1.25. The molecule has 3 unspecified atom stereocenters. The maximum Gasteiger partial charge on any atom is 0.0610 e. The minimum Gasteiger partial charge on any atom is -0.398 e. The van der Waals surface area contributed by atoms with Gasteiger partial charge in [-0.2, -0.15) is 0 Å². The van der Waals surface area contributed by atoms with Gasteiger partial charge in [0.15, 0.2) is 0 Å². The molecule has 0 saturated heterocycles. The van der Waals surface area contributed by atoms with Crippen LogP contribution in [0.1, 0.15) is 38.2 Å². The van der Waals surface area contributed by atoms with E-state index in [4.69, 9.17) is 5.73 Å². The number of aliphatic hydroxyl groups excluding tert-OH is 1. The molecule has 1 aromatic rings. The Kier molecular flexibility index (Phi) is 4.00. The van der Waals surface area contributed by atoms with Gasteiger partial charge in [0.25, 0.3) is 0 Å². The zero-order valence-electron chi connectivity index (χ0n) is 10.5. The Morgan fingerprint density at radius 3 is 3.00 bits per heavy atom. The summed E-state index contributed by atoms with van der Waals surface area (Å²) in [5.41, 5.74) is 7.58. The smallest absolute Gasteiger partial charge is 0.0610 e. The van der Waals surface area contributed by atoms with Crippen molar-refractivity contribution in [3.05, 3.63) is 24.0 Å². The molecule has 2 rings (SSSR count). The molecule has 94 valence electrons. The van der Waals surface area contributed by atoms with Gasteiger partial charge < -0.3 is 10.8 Å². The summed E-state index contributed by atoms with van der Waals surface area (Å²) in [6.45, 7) is 2.23. The number of rotatable bonds is 4. The first kappa shape index (κ1) is 12.4. The number of nitrogens with zero attached hydrogens (tertiary/aromatic N) is 1. The molecule has 0 radical (unpaired) electrons. The number of anilines is 1. The predicted molar refractivity (Wildman–Crippen MR) is 69.5 cm³/mol. The fraction of sp³-hybridized carbons (Fsp3) is 0.643. The molecule has 0 bridgehead atoms. The van der Waals surface area contributed by atoms with Crippen LogP contribution in [0.5, 0.6) is 0 Å². The number of nitrogens with two attached hydrogens (primary N) is 1. The maximum absolute atomic E-state index is 10.3. The first-order chi connectivity index (χ1) is 8.20. The summed E-state index contributed by atoms with van der Waals surface area (Å²) in [6.07, 6.45) is 8.65. The van der Waals surface area contributed by atoms with Crippen LogP contribution in [0.25, 0.3) is 0 Å². The number of pyridine rings is 1. The molecule has 1 aliphatic rings. The van der Waals surface area contributed by atoms with Crippen LogP contribution in [0.2, 0.25) is 0 Å². The van der Waals surface area contributed by atoms with Gasteiger partial charge in [0, 0.05) is 24.5 Å². The van der Waals surface area contributed by atoms with Gasteiger partial charge >= 0.3 is 0 Å². The van der Waals surface area contributed by atoms with Crippen LogP contribution in [0.15, 0.2) is 18.5 Å². The molecule has 17 heavy (non-hydrogen) atoms. The van der Waals surface area contributed by atoms with Gasteiger partial charge in [-0.15, -0.1) is 0 Å². The monoisotopic (exact) mass is 234 g/mol. The molecular weight excluding hydrogens is 212 g/mol. The lowest BCUT2D eigenvalue weighted by molar-refractivity contribution is 0.108. The third-order valence-electron chi connectivity index (χ3n) is 4.07. The van der Waals surface area contributed by atoms with E-state index in [1.807, 2.05) is 0 Å². The second-order valence-electron chi connectivity index (χ2n) is 5.19. The molecule has 3 heteroatoms. The molecule has 3 nitrogen and oxygen atoms in total. The van der Waals surface area contributed by atoms with Crippen molar-refractivity contribution >= 4 is 5.69 Å². The third kappa shape index (κ3) is 2.97. The Hall–Kier alpha value is -1.09. The Morgan fingerprint density at radius 1 is 1.53 bits per heavy atom. The van der Waals surface area contributed by atoms with Crippen LogP contribution >= 0.6 is 0 Å². The fourth-order valence-corrected chi connectivity index (χ4v) is 2.83. The molecular formula is C14H22N2O. The van der Waals surface area contributed by atoms with Crippen molar-refractivity contribution in [1.29, 1.82) is 0 Å². The van der Waals surface area contributed by atoms with Crippen molar-refractivity contribution in [3.8, 4) is 0 Å². The van der Waals surface area contributed by atoms with Gasteiger partial charge in [-0.25, -0.2) is 0 Å². The lowest BCUT2D eigenvalue weighted by Crippen LogP contribution is -2.21. The normalized spacial score (nSPS) is 26.0. The number of hydrogen-bond donors (Lipinski definition) is 2. The summed E-state index contributed by atoms with van der Waals surface area (Å²) < 4.78 is 0. The summed E-state index contributed by atoms with van der Waals surface area (Å²) in [6, 6.07) is 1.80. The van der Waals surface area contributed by atoms with E-state index in [1.165, 1.54) is 12.8 Å². The van der Waals surface area contributed by atoms with E-state index in [0.717, 1.165) is 30.0 Å². The van der Waals surface area contributed by atoms with Crippen LogP contribution in [0.3, 0.4) is 0 Å². The first-order valence-corrected chi connectivity index (χ1v) is 6.57. The highest BCUT2D eigenvalue weighted by molar-refractivity contribution is 5.44. The van der Waals surface area contributed by atoms with Crippen molar-refractivity contribution in [3.63, 3.8) is 0 Å². The quantitative estimate of drug-likeness (QED) is 0.841. The highest BCUT2D eigenvalue weighted by atomic mass is 16.3. The van der Waals surface area contributed by atoms with Crippen LogP contribution in [0.4, 0.5) is 5.69 Å². The maximum atomic E-state index is 10.3. The molecule has 1 aliphatic carbocycles. The van der Waals surface area contributed by atoms with Gasteiger partial charge in [0.05, 0.1) is 6.10 Å². The van der Waals surface area contributed by atoms with Crippen molar-refractivity contribution in [2.24, 2.45) is 11.8 Å². The standard InChI is InChI=1S/C14H22N2O/c1-2-10-3-4-11(7-10)14(17)8-12-9-16-6-5-13(12)15/h5-6,9-11,14,17H,2-4,7-8H2,1H3,(H2,15,16). The van der Waals surface area contributed by atoms with Crippen LogP contribution in [-0.4, -0.2) is 16.2 Å². The van der Waals surface area contributed by atoms with E-state index in [2.05, 4.69) is 11.9 Å². The minimum atomic E-state index is -0.266. The van der Waals surface area contributed by atoms with E-state index in [1.54, 1.807) is 18.5 Å². The molecule has 0 aliphatic heterocycles. The van der Waals surface area contributed by atoms with E-state index in [9.17, 15) is 5.11 Å². The van der Waals surface area contributed by atoms with E-state index >= 15 is 0 Å². The van der Waals surface area contributed by atoms with Gasteiger partial charge in [0.1, 0.15) is 0 Å². The summed E-state index contributed by atoms with van der Waals surface area (Å²) >= 11 is 0. The molecule has 1 heterocycles. The summed E-state index contributed by atoms with van der Waals surface area (Å²) in [5, 5.41) is 10.3. The average Bonchev–Trinajstić information content (AvgIpc) is 2.81. The van der Waals surface area contributed by atoms with E-state index < -0.39 is 0 Å². The van der Waals surface area contributed by atoms with Crippen molar-refractivity contribution in [1.82, 2.24) is 4.98 Å². The van der Waals surface area contributed by atoms with E-state index in [0.29, 0.717) is 12.3 Å². The topological polar surface area (TPSA) is 59.1 Å². The summed E-state index contributed by atoms with van der Waals surface area (Å²) in [7, 11) is 0. The van der Waals surface area contributed by atoms with Crippen LogP contribution < -0.4 is 5.73 Å². The Balaban J connectivity index is 1.94. The molecule has 0 amide bonds. The average molecular weight is 234 g/mol. The number of nitrogen functional groups attached to an aromatic ring is 1. The Morgan fingerprint density at radius 2 is 2.35 bits per heavy atom. The second kappa shape index (κ2) is 5.50. The van der Waals surface area contributed by atoms with Gasteiger partial charge in [-0.1, -0.05) is 19.8 Å². The molecule has 1 aromatic heterocycles. The number of aromatic nitrogens is 1. The minimum absolute atomic E-state index is 0.266. The molecule has 1 fully saturated rings. The molecule has 0 aromatic carbocycles. The van der Waals surface area contributed by atoms with Crippen LogP contribution in [-0.2, 0) is 6.42 Å². The summed E-state index contributed by atoms with van der Waals surface area (Å²) in [4.78, 5) is 4.07. The lowest BCUT2D eigenvalue weighted by Gasteiger charge is -2.18. The van der Waals surface area contributed by atoms with Gasteiger partial charge in [-0.05, 0) is 36.3 Å². The zero-order chi connectivity index (χ0) is 12.3. The fourth-order valence-electron chi connectivity index (χ4n) is 2.83. The molecule has 1 saturated carbocycles. The SMILES string of the molecule is CCC1CCC(C(O)Cc2cnccc2N)C1. The van der Waals surface area contributed by atoms with Crippen molar-refractivity contribution < 1.29 is 5.11 Å². The number of hydrogen-bond acceptors (Lipinski definition) is 3. The molecule has 0 spiro atoms. The lowest BCUT2D eigenvalue weighted by atomic mass is 9.93. The third-order valence-corrected chi connectivity index (χ3v) is 4.07. The zero-order valence-corrected chi connectivity index (χ0v) is 10.5. The van der Waals surface area contributed by atoms with Crippen LogP contribution in [0, 0.1) is 11.8 Å². The Labute approximate surface area is 103 Å². The highest BCUT2D eigenvalue weighted by Crippen LogP contribution is 2.35. The van der Waals surface area contributed by atoms with Gasteiger partial charge in [0.2, 0.25) is 0 Å². The van der Waals surface area contributed by atoms with Gasteiger partial charge in [-0.3, -0.25) is 4.98 Å². The van der Waals surface area contributed by atoms with Crippen molar-refractivity contribution in [2.45, 2.75) is 45.1 Å². The molecule has 3 atom stereocenters.